The van der Waals surface area contributed by atoms with Gasteiger partial charge in [0.25, 0.3) is 0 Å². The SMILES string of the molecule is COc1ccc(-c2c(O)c(OC)cc3c2CN(CCc2ccccc2F)CC3)c(OC)c1. The number of hydrogen-bond donors (Lipinski definition) is 1. The number of halogens is 1. The van der Waals surface area contributed by atoms with E-state index in [9.17, 15) is 9.50 Å². The van der Waals surface area contributed by atoms with E-state index >= 15 is 0 Å². The summed E-state index contributed by atoms with van der Waals surface area (Å²) in [5.41, 5.74) is 4.36. The van der Waals surface area contributed by atoms with Crippen LogP contribution in [-0.2, 0) is 19.4 Å². The van der Waals surface area contributed by atoms with E-state index in [1.807, 2.05) is 30.3 Å². The van der Waals surface area contributed by atoms with Gasteiger partial charge in [-0.25, -0.2) is 4.39 Å². The van der Waals surface area contributed by atoms with Gasteiger partial charge in [-0.1, -0.05) is 18.2 Å². The lowest BCUT2D eigenvalue weighted by Gasteiger charge is -2.31. The van der Waals surface area contributed by atoms with E-state index in [0.717, 1.165) is 36.2 Å². The molecule has 0 aliphatic carbocycles. The van der Waals surface area contributed by atoms with Crippen LogP contribution in [0, 0.1) is 5.82 Å². The molecule has 1 aliphatic rings. The molecule has 4 rings (SSSR count). The van der Waals surface area contributed by atoms with Gasteiger partial charge >= 0.3 is 0 Å². The molecule has 168 valence electrons. The highest BCUT2D eigenvalue weighted by Gasteiger charge is 2.26. The highest BCUT2D eigenvalue weighted by molar-refractivity contribution is 5.82. The third-order valence-electron chi connectivity index (χ3n) is 6.10. The Morgan fingerprint density at radius 3 is 2.47 bits per heavy atom. The monoisotopic (exact) mass is 437 g/mol. The fourth-order valence-electron chi connectivity index (χ4n) is 4.35. The average Bonchev–Trinajstić information content (AvgIpc) is 2.83. The van der Waals surface area contributed by atoms with E-state index in [2.05, 4.69) is 4.90 Å². The minimum atomic E-state index is -0.170. The van der Waals surface area contributed by atoms with Crippen molar-refractivity contribution in [3.05, 3.63) is 71.0 Å². The lowest BCUT2D eigenvalue weighted by Crippen LogP contribution is -2.32. The molecule has 0 saturated heterocycles. The van der Waals surface area contributed by atoms with E-state index in [-0.39, 0.29) is 11.6 Å². The molecular formula is C26H28FNO4. The predicted octanol–water partition coefficient (Wildman–Crippen LogP) is 4.82. The van der Waals surface area contributed by atoms with Gasteiger partial charge in [0.2, 0.25) is 0 Å². The number of hydrogen-bond acceptors (Lipinski definition) is 5. The first-order valence-electron chi connectivity index (χ1n) is 10.7. The molecule has 0 spiro atoms. The topological polar surface area (TPSA) is 51.2 Å². The summed E-state index contributed by atoms with van der Waals surface area (Å²) < 4.78 is 30.5. The smallest absolute Gasteiger partial charge is 0.166 e. The number of benzene rings is 3. The Morgan fingerprint density at radius 2 is 1.75 bits per heavy atom. The first kappa shape index (κ1) is 22.0. The molecule has 0 radical (unpaired) electrons. The molecule has 1 heterocycles. The van der Waals surface area contributed by atoms with Crippen molar-refractivity contribution in [2.75, 3.05) is 34.4 Å². The van der Waals surface area contributed by atoms with Crippen molar-refractivity contribution in [3.63, 3.8) is 0 Å². The van der Waals surface area contributed by atoms with Crippen molar-refractivity contribution < 1.29 is 23.7 Å². The Kier molecular flexibility index (Phi) is 6.51. The Morgan fingerprint density at radius 1 is 0.969 bits per heavy atom. The zero-order valence-corrected chi connectivity index (χ0v) is 18.7. The van der Waals surface area contributed by atoms with E-state index in [1.165, 1.54) is 6.07 Å². The van der Waals surface area contributed by atoms with E-state index in [1.54, 1.807) is 33.5 Å². The first-order chi connectivity index (χ1) is 15.5. The van der Waals surface area contributed by atoms with Crippen LogP contribution in [0.4, 0.5) is 4.39 Å². The van der Waals surface area contributed by atoms with Crippen LogP contribution in [0.1, 0.15) is 16.7 Å². The fraction of sp³-hybridized carbons (Fsp3) is 0.308. The van der Waals surface area contributed by atoms with Crippen LogP contribution < -0.4 is 14.2 Å². The third-order valence-corrected chi connectivity index (χ3v) is 6.10. The maximum atomic E-state index is 14.1. The van der Waals surface area contributed by atoms with Crippen LogP contribution in [0.2, 0.25) is 0 Å². The van der Waals surface area contributed by atoms with Crippen LogP contribution in [0.15, 0.2) is 48.5 Å². The number of rotatable bonds is 7. The summed E-state index contributed by atoms with van der Waals surface area (Å²) in [6.07, 6.45) is 1.44. The second-order valence-electron chi connectivity index (χ2n) is 7.87. The molecule has 3 aromatic rings. The Hall–Kier alpha value is -3.25. The number of phenolic OH excluding ortho intramolecular Hbond substituents is 1. The fourth-order valence-corrected chi connectivity index (χ4v) is 4.35. The molecule has 0 amide bonds. The molecule has 32 heavy (non-hydrogen) atoms. The molecule has 0 unspecified atom stereocenters. The summed E-state index contributed by atoms with van der Waals surface area (Å²) in [5, 5.41) is 11.1. The lowest BCUT2D eigenvalue weighted by atomic mass is 9.89. The van der Waals surface area contributed by atoms with Crippen LogP contribution in [0.5, 0.6) is 23.0 Å². The van der Waals surface area contributed by atoms with Gasteiger partial charge in [0, 0.05) is 36.8 Å². The molecular weight excluding hydrogens is 409 g/mol. The quantitative estimate of drug-likeness (QED) is 0.574. The van der Waals surface area contributed by atoms with Crippen molar-refractivity contribution in [3.8, 4) is 34.1 Å². The van der Waals surface area contributed by atoms with Crippen LogP contribution in [0.25, 0.3) is 11.1 Å². The summed E-state index contributed by atoms with van der Waals surface area (Å²) >= 11 is 0. The molecule has 0 atom stereocenters. The maximum absolute atomic E-state index is 14.1. The van der Waals surface area contributed by atoms with E-state index < -0.39 is 0 Å². The first-order valence-corrected chi connectivity index (χ1v) is 10.7. The Labute approximate surface area is 188 Å². The summed E-state index contributed by atoms with van der Waals surface area (Å²) in [7, 11) is 4.76. The number of ether oxygens (including phenoxy) is 3. The Balaban J connectivity index is 1.71. The largest absolute Gasteiger partial charge is 0.504 e. The minimum absolute atomic E-state index is 0.0886. The molecule has 1 N–H and O–H groups in total. The summed E-state index contributed by atoms with van der Waals surface area (Å²) in [5.74, 6) is 1.64. The van der Waals surface area contributed by atoms with Crippen molar-refractivity contribution in [1.82, 2.24) is 4.90 Å². The van der Waals surface area contributed by atoms with Crippen LogP contribution in [0.3, 0.4) is 0 Å². The van der Waals surface area contributed by atoms with Crippen LogP contribution in [-0.4, -0.2) is 44.4 Å². The van der Waals surface area contributed by atoms with Crippen molar-refractivity contribution in [1.29, 1.82) is 0 Å². The standard InChI is InChI=1S/C26H28FNO4/c1-30-19-8-9-20(23(15-19)31-2)25-21-16-28(12-10-17-6-4-5-7-22(17)27)13-11-18(21)14-24(32-3)26(25)29/h4-9,14-15,29H,10-13,16H2,1-3H3. The highest BCUT2D eigenvalue weighted by Crippen LogP contribution is 2.47. The molecule has 6 heteroatoms. The second-order valence-corrected chi connectivity index (χ2v) is 7.87. The summed E-state index contributed by atoms with van der Waals surface area (Å²) in [4.78, 5) is 2.29. The van der Waals surface area contributed by atoms with Crippen LogP contribution >= 0.6 is 0 Å². The molecule has 3 aromatic carbocycles. The maximum Gasteiger partial charge on any atom is 0.166 e. The molecule has 1 aliphatic heterocycles. The average molecular weight is 438 g/mol. The number of phenols is 1. The molecule has 0 aromatic heterocycles. The molecule has 0 saturated carbocycles. The van der Waals surface area contributed by atoms with Gasteiger partial charge in [-0.3, -0.25) is 4.90 Å². The third kappa shape index (κ3) is 4.23. The van der Waals surface area contributed by atoms with Gasteiger partial charge in [-0.2, -0.15) is 0 Å². The molecule has 0 bridgehead atoms. The number of nitrogens with zero attached hydrogens (tertiary/aromatic N) is 1. The Bertz CT molecular complexity index is 1120. The zero-order chi connectivity index (χ0) is 22.7. The van der Waals surface area contributed by atoms with Gasteiger partial charge in [0.1, 0.15) is 17.3 Å². The normalized spacial score (nSPS) is 13.5. The molecule has 5 nitrogen and oxygen atoms in total. The minimum Gasteiger partial charge on any atom is -0.504 e. The van der Waals surface area contributed by atoms with Crippen molar-refractivity contribution in [2.45, 2.75) is 19.4 Å². The number of aromatic hydroxyl groups is 1. The van der Waals surface area contributed by atoms with Crippen molar-refractivity contribution in [2.24, 2.45) is 0 Å². The van der Waals surface area contributed by atoms with Gasteiger partial charge in [0.05, 0.1) is 21.3 Å². The summed E-state index contributed by atoms with van der Waals surface area (Å²) in [6.45, 7) is 2.23. The summed E-state index contributed by atoms with van der Waals surface area (Å²) in [6, 6.07) is 14.4. The van der Waals surface area contributed by atoms with Crippen molar-refractivity contribution >= 4 is 0 Å². The van der Waals surface area contributed by atoms with Gasteiger partial charge in [-0.15, -0.1) is 0 Å². The highest BCUT2D eigenvalue weighted by atomic mass is 19.1. The molecule has 0 fully saturated rings. The zero-order valence-electron chi connectivity index (χ0n) is 18.7. The van der Waals surface area contributed by atoms with Gasteiger partial charge < -0.3 is 19.3 Å². The predicted molar refractivity (Wildman–Crippen MR) is 122 cm³/mol. The van der Waals surface area contributed by atoms with Gasteiger partial charge in [0.15, 0.2) is 11.5 Å². The number of fused-ring (bicyclic) bond motifs is 1. The lowest BCUT2D eigenvalue weighted by molar-refractivity contribution is 0.255. The second kappa shape index (κ2) is 9.49. The van der Waals surface area contributed by atoms with E-state index in [0.29, 0.717) is 41.3 Å². The van der Waals surface area contributed by atoms with Gasteiger partial charge in [-0.05, 0) is 53.8 Å². The van der Waals surface area contributed by atoms with E-state index in [4.69, 9.17) is 14.2 Å². The number of methoxy groups -OCH3 is 3.